The molecule has 0 aliphatic carbocycles. The van der Waals surface area contributed by atoms with Crippen molar-refractivity contribution in [2.45, 2.75) is 33.4 Å². The van der Waals surface area contributed by atoms with Crippen LogP contribution in [0.25, 0.3) is 11.2 Å². The van der Waals surface area contributed by atoms with Crippen LogP contribution in [-0.4, -0.2) is 51.4 Å². The summed E-state index contributed by atoms with van der Waals surface area (Å²) in [5.74, 6) is 6.67. The van der Waals surface area contributed by atoms with Crippen LogP contribution in [0.15, 0.2) is 4.79 Å². The summed E-state index contributed by atoms with van der Waals surface area (Å²) in [6, 6.07) is 0.283. The van der Waals surface area contributed by atoms with Gasteiger partial charge in [0.05, 0.1) is 12.6 Å². The van der Waals surface area contributed by atoms with E-state index in [1.807, 2.05) is 18.4 Å². The summed E-state index contributed by atoms with van der Waals surface area (Å²) < 4.78 is 8.96. The molecule has 3 heterocycles. The predicted molar refractivity (Wildman–Crippen MR) is 97.1 cm³/mol. The Kier molecular flexibility index (Phi) is 4.95. The SMILES string of the molecule is CC#CCn1c(N2CCNCC2)nc2nc(OC(C)C)n(C)c(=O)c21. The van der Waals surface area contributed by atoms with Crippen molar-refractivity contribution < 1.29 is 4.74 Å². The maximum atomic E-state index is 12.9. The van der Waals surface area contributed by atoms with Crippen molar-refractivity contribution in [3.05, 3.63) is 10.4 Å². The van der Waals surface area contributed by atoms with Gasteiger partial charge in [-0.3, -0.25) is 13.9 Å². The molecule has 2 aromatic heterocycles. The van der Waals surface area contributed by atoms with Gasteiger partial charge in [-0.15, -0.1) is 5.92 Å². The highest BCUT2D eigenvalue weighted by atomic mass is 16.5. The van der Waals surface area contributed by atoms with Crippen LogP contribution in [0.1, 0.15) is 20.8 Å². The molecule has 134 valence electrons. The number of aromatic nitrogens is 4. The molecule has 0 saturated carbocycles. The third-order valence-corrected chi connectivity index (χ3v) is 4.08. The van der Waals surface area contributed by atoms with Crippen LogP contribution in [0.3, 0.4) is 0 Å². The molecule has 0 amide bonds. The molecule has 1 aliphatic heterocycles. The molecule has 8 heteroatoms. The van der Waals surface area contributed by atoms with E-state index < -0.39 is 0 Å². The zero-order valence-electron chi connectivity index (χ0n) is 15.2. The second-order valence-electron chi connectivity index (χ2n) is 6.26. The molecule has 0 unspecified atom stereocenters. The average Bonchev–Trinajstić information content (AvgIpc) is 2.96. The number of ether oxygens (including phenoxy) is 1. The maximum absolute atomic E-state index is 12.9. The second-order valence-corrected chi connectivity index (χ2v) is 6.26. The zero-order chi connectivity index (χ0) is 18.0. The van der Waals surface area contributed by atoms with Crippen molar-refractivity contribution in [2.24, 2.45) is 7.05 Å². The Morgan fingerprint density at radius 3 is 2.64 bits per heavy atom. The Bertz CT molecular complexity index is 880. The molecule has 0 aromatic carbocycles. The molecule has 8 nitrogen and oxygen atoms in total. The highest BCUT2D eigenvalue weighted by Gasteiger charge is 2.23. The first kappa shape index (κ1) is 17.3. The third-order valence-electron chi connectivity index (χ3n) is 4.08. The zero-order valence-corrected chi connectivity index (χ0v) is 15.2. The van der Waals surface area contributed by atoms with Crippen LogP contribution in [0.4, 0.5) is 5.95 Å². The lowest BCUT2D eigenvalue weighted by molar-refractivity contribution is 0.212. The summed E-state index contributed by atoms with van der Waals surface area (Å²) in [6.07, 6.45) is -0.0729. The van der Waals surface area contributed by atoms with Crippen molar-refractivity contribution in [3.8, 4) is 17.9 Å². The van der Waals surface area contributed by atoms with E-state index in [1.165, 1.54) is 4.57 Å². The van der Waals surface area contributed by atoms with Crippen molar-refractivity contribution >= 4 is 17.1 Å². The highest BCUT2D eigenvalue weighted by Crippen LogP contribution is 2.21. The average molecular weight is 344 g/mol. The first-order valence-corrected chi connectivity index (χ1v) is 8.52. The van der Waals surface area contributed by atoms with E-state index in [2.05, 4.69) is 32.0 Å². The highest BCUT2D eigenvalue weighted by molar-refractivity contribution is 5.74. The second kappa shape index (κ2) is 7.15. The lowest BCUT2D eigenvalue weighted by Crippen LogP contribution is -2.44. The van der Waals surface area contributed by atoms with Crippen molar-refractivity contribution in [3.63, 3.8) is 0 Å². The van der Waals surface area contributed by atoms with Crippen LogP contribution in [-0.2, 0) is 13.6 Å². The number of rotatable bonds is 4. The summed E-state index contributed by atoms with van der Waals surface area (Å²) in [7, 11) is 1.67. The molecule has 1 N–H and O–H groups in total. The predicted octanol–water partition coefficient (Wildman–Crippen LogP) is 0.350. The van der Waals surface area contributed by atoms with Gasteiger partial charge in [0.1, 0.15) is 0 Å². The van der Waals surface area contributed by atoms with Crippen molar-refractivity contribution in [1.82, 2.24) is 24.4 Å². The largest absolute Gasteiger partial charge is 0.462 e. The quantitative estimate of drug-likeness (QED) is 0.807. The Morgan fingerprint density at radius 2 is 2.00 bits per heavy atom. The molecule has 0 radical (unpaired) electrons. The fraction of sp³-hybridized carbons (Fsp3) is 0.588. The van der Waals surface area contributed by atoms with Crippen LogP contribution >= 0.6 is 0 Å². The molecule has 0 spiro atoms. The fourth-order valence-corrected chi connectivity index (χ4v) is 2.86. The van der Waals surface area contributed by atoms with Crippen molar-refractivity contribution in [1.29, 1.82) is 0 Å². The van der Waals surface area contributed by atoms with Crippen LogP contribution in [0, 0.1) is 11.8 Å². The van der Waals surface area contributed by atoms with E-state index in [-0.39, 0.29) is 17.7 Å². The number of hydrogen-bond acceptors (Lipinski definition) is 6. The normalized spacial score (nSPS) is 14.7. The van der Waals surface area contributed by atoms with Crippen LogP contribution < -0.4 is 20.5 Å². The van der Waals surface area contributed by atoms with Crippen LogP contribution in [0.2, 0.25) is 0 Å². The number of imidazole rings is 1. The Hall–Kier alpha value is -2.53. The molecule has 0 atom stereocenters. The Morgan fingerprint density at radius 1 is 1.28 bits per heavy atom. The monoisotopic (exact) mass is 344 g/mol. The minimum atomic E-state index is -0.174. The topological polar surface area (TPSA) is 77.2 Å². The van der Waals surface area contributed by atoms with Gasteiger partial charge in [-0.1, -0.05) is 5.92 Å². The van der Waals surface area contributed by atoms with E-state index in [0.29, 0.717) is 17.7 Å². The van der Waals surface area contributed by atoms with E-state index in [0.717, 1.165) is 32.1 Å². The third kappa shape index (κ3) is 3.33. The Balaban J connectivity index is 2.19. The molecule has 1 fully saturated rings. The van der Waals surface area contributed by atoms with Gasteiger partial charge in [0.15, 0.2) is 11.2 Å². The van der Waals surface area contributed by atoms with E-state index >= 15 is 0 Å². The van der Waals surface area contributed by atoms with Crippen molar-refractivity contribution in [2.75, 3.05) is 31.1 Å². The summed E-state index contributed by atoms with van der Waals surface area (Å²) in [6.45, 7) is 9.43. The van der Waals surface area contributed by atoms with Gasteiger partial charge < -0.3 is 15.0 Å². The number of hydrogen-bond donors (Lipinski definition) is 1. The minimum Gasteiger partial charge on any atom is -0.462 e. The van der Waals surface area contributed by atoms with E-state index in [1.54, 1.807) is 14.0 Å². The maximum Gasteiger partial charge on any atom is 0.301 e. The first-order chi connectivity index (χ1) is 12.0. The molecular weight excluding hydrogens is 320 g/mol. The molecule has 25 heavy (non-hydrogen) atoms. The smallest absolute Gasteiger partial charge is 0.301 e. The molecule has 0 bridgehead atoms. The molecular formula is C17H24N6O2. The van der Waals surface area contributed by atoms with Gasteiger partial charge >= 0.3 is 6.01 Å². The van der Waals surface area contributed by atoms with Gasteiger partial charge in [-0.25, -0.2) is 0 Å². The fourth-order valence-electron chi connectivity index (χ4n) is 2.86. The van der Waals surface area contributed by atoms with Crippen LogP contribution in [0.5, 0.6) is 6.01 Å². The number of piperazine rings is 1. The lowest BCUT2D eigenvalue weighted by Gasteiger charge is -2.28. The number of nitrogens with one attached hydrogen (secondary N) is 1. The van der Waals surface area contributed by atoms with Gasteiger partial charge in [0, 0.05) is 33.2 Å². The van der Waals surface area contributed by atoms with E-state index in [4.69, 9.17) is 4.74 Å². The number of nitrogens with zero attached hydrogens (tertiary/aromatic N) is 5. The minimum absolute atomic E-state index is 0.0729. The number of fused-ring (bicyclic) bond motifs is 1. The van der Waals surface area contributed by atoms with Gasteiger partial charge in [0.25, 0.3) is 5.56 Å². The molecule has 1 aliphatic rings. The van der Waals surface area contributed by atoms with Gasteiger partial charge in [-0.2, -0.15) is 9.97 Å². The summed E-state index contributed by atoms with van der Waals surface area (Å²) >= 11 is 0. The molecule has 2 aromatic rings. The van der Waals surface area contributed by atoms with Gasteiger partial charge in [0.2, 0.25) is 5.95 Å². The number of anilines is 1. The standard InChI is InChI=1S/C17H24N6O2/c1-5-6-9-23-13-14(19-16(23)22-10-7-18-8-11-22)20-17(25-12(2)3)21(4)15(13)24/h12,18H,7-11H2,1-4H3. The Labute approximate surface area is 146 Å². The summed E-state index contributed by atoms with van der Waals surface area (Å²) in [4.78, 5) is 24.2. The summed E-state index contributed by atoms with van der Waals surface area (Å²) in [5.41, 5.74) is 0.701. The summed E-state index contributed by atoms with van der Waals surface area (Å²) in [5, 5.41) is 3.32. The molecule has 3 rings (SSSR count). The lowest BCUT2D eigenvalue weighted by atomic mass is 10.4. The first-order valence-electron chi connectivity index (χ1n) is 8.52. The van der Waals surface area contributed by atoms with E-state index in [9.17, 15) is 4.79 Å². The van der Waals surface area contributed by atoms with Gasteiger partial charge in [-0.05, 0) is 20.8 Å². The molecule has 1 saturated heterocycles.